The lowest BCUT2D eigenvalue weighted by Crippen LogP contribution is -2.59. The number of nitrogens with one attached hydrogen (secondary N) is 1. The minimum absolute atomic E-state index is 0. The third-order valence-electron chi connectivity index (χ3n) is 5.48. The number of amides is 1. The standard InChI is InChI=1S/C20H30N2O3.ClH/c1-2-25-18-9-5-4-8-17(18)19(23)21-16-20(10-6-3-7-11-20)22-12-14-24-15-13-22;/h4-5,8-9H,2-3,6-7,10-16H2,1H3,(H,21,23);1H. The van der Waals surface area contributed by atoms with Crippen LogP contribution in [0.5, 0.6) is 5.75 Å². The van der Waals surface area contributed by atoms with Gasteiger partial charge in [-0.05, 0) is 31.9 Å². The molecule has 1 aliphatic carbocycles. The van der Waals surface area contributed by atoms with Crippen molar-refractivity contribution >= 4 is 18.3 Å². The first-order chi connectivity index (χ1) is 12.2. The van der Waals surface area contributed by atoms with E-state index in [9.17, 15) is 4.79 Å². The van der Waals surface area contributed by atoms with Crippen LogP contribution in [-0.2, 0) is 4.74 Å². The van der Waals surface area contributed by atoms with E-state index in [1.165, 1.54) is 19.3 Å². The predicted octanol–water partition coefficient (Wildman–Crippen LogP) is 3.27. The Morgan fingerprint density at radius 2 is 1.88 bits per heavy atom. The van der Waals surface area contributed by atoms with Crippen molar-refractivity contribution in [1.29, 1.82) is 0 Å². The van der Waals surface area contributed by atoms with Crippen molar-refractivity contribution in [3.63, 3.8) is 0 Å². The lowest BCUT2D eigenvalue weighted by Gasteiger charge is -2.48. The molecule has 0 aromatic heterocycles. The number of hydrogen-bond donors (Lipinski definition) is 1. The van der Waals surface area contributed by atoms with Gasteiger partial charge in [-0.1, -0.05) is 31.4 Å². The predicted molar refractivity (Wildman–Crippen MR) is 105 cm³/mol. The van der Waals surface area contributed by atoms with Crippen LogP contribution in [0.4, 0.5) is 0 Å². The van der Waals surface area contributed by atoms with E-state index in [0.29, 0.717) is 24.5 Å². The van der Waals surface area contributed by atoms with E-state index in [4.69, 9.17) is 9.47 Å². The molecule has 0 bridgehead atoms. The molecule has 1 heterocycles. The number of benzene rings is 1. The van der Waals surface area contributed by atoms with Gasteiger partial charge in [-0.3, -0.25) is 9.69 Å². The van der Waals surface area contributed by atoms with Crippen LogP contribution in [0.25, 0.3) is 0 Å². The molecule has 0 spiro atoms. The van der Waals surface area contributed by atoms with E-state index >= 15 is 0 Å². The number of carbonyl (C=O) groups excluding carboxylic acids is 1. The molecule has 1 amide bonds. The molecule has 1 saturated carbocycles. The molecular weight excluding hydrogens is 352 g/mol. The highest BCUT2D eigenvalue weighted by Crippen LogP contribution is 2.34. The minimum Gasteiger partial charge on any atom is -0.493 e. The van der Waals surface area contributed by atoms with Crippen LogP contribution in [0, 0.1) is 0 Å². The zero-order valence-corrected chi connectivity index (χ0v) is 16.5. The summed E-state index contributed by atoms with van der Waals surface area (Å²) in [5, 5.41) is 3.20. The number of hydrogen-bond acceptors (Lipinski definition) is 4. The van der Waals surface area contributed by atoms with Gasteiger partial charge in [0, 0.05) is 25.2 Å². The van der Waals surface area contributed by atoms with Crippen LogP contribution in [0.15, 0.2) is 24.3 Å². The Balaban J connectivity index is 0.00000243. The van der Waals surface area contributed by atoms with Crippen LogP contribution in [-0.4, -0.2) is 55.8 Å². The molecule has 0 unspecified atom stereocenters. The Bertz CT molecular complexity index is 570. The SMILES string of the molecule is CCOc1ccccc1C(=O)NCC1(N2CCOCC2)CCCCC1.Cl. The Morgan fingerprint density at radius 1 is 1.19 bits per heavy atom. The third kappa shape index (κ3) is 4.90. The molecule has 1 aromatic carbocycles. The Morgan fingerprint density at radius 3 is 2.58 bits per heavy atom. The van der Waals surface area contributed by atoms with Gasteiger partial charge in [-0.25, -0.2) is 0 Å². The molecule has 0 atom stereocenters. The lowest BCUT2D eigenvalue weighted by molar-refractivity contribution is -0.0361. The fourth-order valence-electron chi connectivity index (χ4n) is 4.13. The summed E-state index contributed by atoms with van der Waals surface area (Å²) in [4.78, 5) is 15.3. The van der Waals surface area contributed by atoms with Crippen molar-refractivity contribution in [3.05, 3.63) is 29.8 Å². The van der Waals surface area contributed by atoms with E-state index in [1.54, 1.807) is 0 Å². The molecule has 1 N–H and O–H groups in total. The fourth-order valence-corrected chi connectivity index (χ4v) is 4.13. The summed E-state index contributed by atoms with van der Waals surface area (Å²) < 4.78 is 11.1. The quantitative estimate of drug-likeness (QED) is 0.820. The number of rotatable bonds is 6. The Hall–Kier alpha value is -1.30. The number of para-hydroxylation sites is 1. The average Bonchev–Trinajstić information content (AvgIpc) is 2.68. The van der Waals surface area contributed by atoms with Gasteiger partial charge in [0.15, 0.2) is 0 Å². The van der Waals surface area contributed by atoms with E-state index in [2.05, 4.69) is 10.2 Å². The van der Waals surface area contributed by atoms with Crippen LogP contribution in [0.1, 0.15) is 49.4 Å². The second-order valence-corrected chi connectivity index (χ2v) is 7.00. The third-order valence-corrected chi connectivity index (χ3v) is 5.48. The number of carbonyl (C=O) groups is 1. The van der Waals surface area contributed by atoms with Crippen LogP contribution in [0.3, 0.4) is 0 Å². The molecule has 1 aromatic rings. The molecule has 2 aliphatic rings. The summed E-state index contributed by atoms with van der Waals surface area (Å²) in [7, 11) is 0. The smallest absolute Gasteiger partial charge is 0.255 e. The molecule has 5 nitrogen and oxygen atoms in total. The number of nitrogens with zero attached hydrogens (tertiary/aromatic N) is 1. The molecule has 26 heavy (non-hydrogen) atoms. The normalized spacial score (nSPS) is 20.0. The number of morpholine rings is 1. The van der Waals surface area contributed by atoms with Crippen molar-refractivity contribution in [3.8, 4) is 5.75 Å². The number of halogens is 1. The molecular formula is C20H31ClN2O3. The van der Waals surface area contributed by atoms with Gasteiger partial charge in [0.2, 0.25) is 0 Å². The van der Waals surface area contributed by atoms with Gasteiger partial charge in [-0.2, -0.15) is 0 Å². The molecule has 1 aliphatic heterocycles. The minimum atomic E-state index is -0.0396. The summed E-state index contributed by atoms with van der Waals surface area (Å²) in [5.41, 5.74) is 0.704. The monoisotopic (exact) mass is 382 g/mol. The lowest BCUT2D eigenvalue weighted by atomic mass is 9.79. The van der Waals surface area contributed by atoms with Gasteiger partial charge < -0.3 is 14.8 Å². The highest BCUT2D eigenvalue weighted by Gasteiger charge is 2.38. The maximum absolute atomic E-state index is 12.8. The average molecular weight is 383 g/mol. The van der Waals surface area contributed by atoms with E-state index < -0.39 is 0 Å². The van der Waals surface area contributed by atoms with Crippen LogP contribution in [0.2, 0.25) is 0 Å². The van der Waals surface area contributed by atoms with Crippen molar-refractivity contribution in [2.24, 2.45) is 0 Å². The first kappa shape index (κ1) is 21.0. The number of ether oxygens (including phenoxy) is 2. The highest BCUT2D eigenvalue weighted by molar-refractivity contribution is 5.96. The van der Waals surface area contributed by atoms with E-state index in [0.717, 1.165) is 39.1 Å². The van der Waals surface area contributed by atoms with Crippen molar-refractivity contribution in [2.45, 2.75) is 44.6 Å². The van der Waals surface area contributed by atoms with E-state index in [1.807, 2.05) is 31.2 Å². The summed E-state index contributed by atoms with van der Waals surface area (Å²) >= 11 is 0. The molecule has 2 fully saturated rings. The second kappa shape index (κ2) is 10.1. The first-order valence-electron chi connectivity index (χ1n) is 9.58. The molecule has 6 heteroatoms. The van der Waals surface area contributed by atoms with Gasteiger partial charge >= 0.3 is 0 Å². The molecule has 146 valence electrons. The summed E-state index contributed by atoms with van der Waals surface area (Å²) in [6.07, 6.45) is 6.08. The Labute approximate surface area is 162 Å². The maximum Gasteiger partial charge on any atom is 0.255 e. The molecule has 3 rings (SSSR count). The van der Waals surface area contributed by atoms with Gasteiger partial charge in [0.1, 0.15) is 5.75 Å². The highest BCUT2D eigenvalue weighted by atomic mass is 35.5. The summed E-state index contributed by atoms with van der Waals surface area (Å²) in [5.74, 6) is 0.619. The van der Waals surface area contributed by atoms with Gasteiger partial charge in [0.05, 0.1) is 25.4 Å². The first-order valence-corrected chi connectivity index (χ1v) is 9.58. The largest absolute Gasteiger partial charge is 0.493 e. The van der Waals surface area contributed by atoms with Gasteiger partial charge in [0.25, 0.3) is 5.91 Å². The maximum atomic E-state index is 12.8. The van der Waals surface area contributed by atoms with Crippen LogP contribution < -0.4 is 10.1 Å². The molecule has 0 radical (unpaired) electrons. The Kier molecular flexibility index (Phi) is 8.19. The van der Waals surface area contributed by atoms with Crippen molar-refractivity contribution in [2.75, 3.05) is 39.5 Å². The van der Waals surface area contributed by atoms with Crippen molar-refractivity contribution in [1.82, 2.24) is 10.2 Å². The second-order valence-electron chi connectivity index (χ2n) is 7.00. The fraction of sp³-hybridized carbons (Fsp3) is 0.650. The summed E-state index contributed by atoms with van der Waals surface area (Å²) in [6.45, 7) is 6.71. The van der Waals surface area contributed by atoms with E-state index in [-0.39, 0.29) is 23.9 Å². The molecule has 1 saturated heterocycles. The van der Waals surface area contributed by atoms with Crippen molar-refractivity contribution < 1.29 is 14.3 Å². The zero-order valence-electron chi connectivity index (χ0n) is 15.7. The van der Waals surface area contributed by atoms with Gasteiger partial charge in [-0.15, -0.1) is 12.4 Å². The zero-order chi connectivity index (χ0) is 17.5. The summed E-state index contributed by atoms with van der Waals surface area (Å²) in [6, 6.07) is 7.48. The topological polar surface area (TPSA) is 50.8 Å². The van der Waals surface area contributed by atoms with Crippen LogP contribution >= 0.6 is 12.4 Å².